The Balaban J connectivity index is 0.00000138. The molecule has 0 saturated carbocycles. The second kappa shape index (κ2) is 14.7. The molecule has 1 aromatic heterocycles. The lowest BCUT2D eigenvalue weighted by Crippen LogP contribution is -2.61. The first-order valence-corrected chi connectivity index (χ1v) is 15.5. The third-order valence-electron chi connectivity index (χ3n) is 4.99. The maximum absolute atomic E-state index is 11.4. The largest absolute Gasteiger partial charge is 0.425 e. The summed E-state index contributed by atoms with van der Waals surface area (Å²) in [5.41, 5.74) is 0.166. The predicted octanol–water partition coefficient (Wildman–Crippen LogP) is -3.97. The fraction of sp³-hybridized carbons (Fsp3) is 0.500. The van der Waals surface area contributed by atoms with E-state index in [1.165, 1.54) is 18.2 Å². The van der Waals surface area contributed by atoms with Crippen LogP contribution in [0.4, 0.5) is 23.5 Å². The minimum absolute atomic E-state index is 0.0188. The van der Waals surface area contributed by atoms with Crippen molar-refractivity contribution < 1.29 is 59.2 Å². The van der Waals surface area contributed by atoms with Gasteiger partial charge >= 0.3 is 10.6 Å². The van der Waals surface area contributed by atoms with Gasteiger partial charge in [0.15, 0.2) is 6.29 Å². The van der Waals surface area contributed by atoms with Crippen LogP contribution in [0.15, 0.2) is 29.2 Å². The van der Waals surface area contributed by atoms with E-state index in [1.54, 1.807) is 0 Å². The molecule has 3 rings (SSSR count). The van der Waals surface area contributed by atoms with Crippen LogP contribution in [0.5, 0.6) is 0 Å². The molecule has 1 saturated heterocycles. The zero-order valence-corrected chi connectivity index (χ0v) is 23.3. The minimum Gasteiger partial charge on any atom is -0.394 e. The highest BCUT2D eigenvalue weighted by molar-refractivity contribution is 7.88. The molecule has 20 nitrogen and oxygen atoms in total. The summed E-state index contributed by atoms with van der Waals surface area (Å²) in [5.74, 6) is -0.475. The Morgan fingerprint density at radius 1 is 0.951 bits per heavy atom. The van der Waals surface area contributed by atoms with Crippen LogP contribution in [0.25, 0.3) is 0 Å². The summed E-state index contributed by atoms with van der Waals surface area (Å²) in [4.78, 5) is 11.9. The van der Waals surface area contributed by atoms with Crippen LogP contribution in [0.2, 0.25) is 0 Å². The molecule has 23 heteroatoms. The maximum atomic E-state index is 11.4. The van der Waals surface area contributed by atoms with Gasteiger partial charge in [0.25, 0.3) is 10.1 Å². The highest BCUT2D eigenvalue weighted by Gasteiger charge is 2.44. The SMILES string of the molecule is CS(=O)(=O)NCCNc1nc(Nc2cccc(S(=O)(=O)O)c2)nc(NC2C(O)OC(CO)C(O)C2O)n1.O=S(=O)=O. The second-order valence-corrected chi connectivity index (χ2v) is 11.8. The average Bonchev–Trinajstić information content (AvgIpc) is 2.85. The number of nitrogens with zero attached hydrogens (tertiary/aromatic N) is 3. The van der Waals surface area contributed by atoms with Crippen LogP contribution in [-0.2, 0) is 35.5 Å². The van der Waals surface area contributed by atoms with Gasteiger partial charge < -0.3 is 41.1 Å². The summed E-state index contributed by atoms with van der Waals surface area (Å²) < 4.78 is 87.4. The third kappa shape index (κ3) is 11.3. The van der Waals surface area contributed by atoms with E-state index in [0.29, 0.717) is 0 Å². The molecule has 0 radical (unpaired) electrons. The number of anilines is 4. The highest BCUT2D eigenvalue weighted by atomic mass is 32.2. The number of nitrogens with one attached hydrogen (secondary N) is 4. The summed E-state index contributed by atoms with van der Waals surface area (Å²) in [5, 5.41) is 48.1. The smallest absolute Gasteiger partial charge is 0.394 e. The fourth-order valence-corrected chi connectivity index (χ4v) is 4.25. The van der Waals surface area contributed by atoms with Crippen LogP contribution in [0, 0.1) is 0 Å². The molecular weight excluding hydrogens is 618 g/mol. The average molecular weight is 646 g/mol. The molecule has 0 aliphatic carbocycles. The summed E-state index contributed by atoms with van der Waals surface area (Å²) in [7, 11) is -11.0. The molecule has 1 aromatic carbocycles. The third-order valence-corrected chi connectivity index (χ3v) is 6.57. The lowest BCUT2D eigenvalue weighted by Gasteiger charge is -2.40. The van der Waals surface area contributed by atoms with Gasteiger partial charge in [-0.05, 0) is 18.2 Å². The van der Waals surface area contributed by atoms with E-state index >= 15 is 0 Å². The van der Waals surface area contributed by atoms with Crippen molar-refractivity contribution in [2.24, 2.45) is 0 Å². The standard InChI is InChI=1S/C18H27N7O10S2.O3S/c1-36(30,31)20-6-5-19-16-23-17(21-9-3-2-4-10(7-9)37(32,33)34)25-18(24-16)22-12-14(28)13(27)11(8-26)35-15(12)29;1-4(2)3/h2-4,7,11-15,20,26-29H,5-6,8H2,1H3,(H,32,33,34)(H3,19,21,22,23,24,25);. The Bertz CT molecular complexity index is 1500. The van der Waals surface area contributed by atoms with Gasteiger partial charge in [-0.2, -0.15) is 23.4 Å². The normalized spacial score (nSPS) is 22.6. The summed E-state index contributed by atoms with van der Waals surface area (Å²) in [6.45, 7) is -0.627. The van der Waals surface area contributed by atoms with E-state index in [-0.39, 0.29) is 36.6 Å². The Hall–Kier alpha value is -3.13. The van der Waals surface area contributed by atoms with Crippen LogP contribution in [0.3, 0.4) is 0 Å². The molecule has 2 aromatic rings. The monoisotopic (exact) mass is 645 g/mol. The van der Waals surface area contributed by atoms with E-state index < -0.39 is 72.9 Å². The molecule has 0 bridgehead atoms. The van der Waals surface area contributed by atoms with Gasteiger partial charge in [-0.1, -0.05) is 6.07 Å². The number of ether oxygens (including phenoxy) is 1. The van der Waals surface area contributed by atoms with Crippen molar-refractivity contribution in [3.05, 3.63) is 24.3 Å². The summed E-state index contributed by atoms with van der Waals surface area (Å²) in [6.07, 6.45) is -5.07. The first-order valence-electron chi connectivity index (χ1n) is 11.1. The van der Waals surface area contributed by atoms with E-state index in [0.717, 1.165) is 12.3 Å². The lowest BCUT2D eigenvalue weighted by molar-refractivity contribution is -0.245. The number of aliphatic hydroxyl groups is 4. The Labute approximate surface area is 234 Å². The summed E-state index contributed by atoms with van der Waals surface area (Å²) in [6, 6.07) is 3.76. The van der Waals surface area contributed by atoms with Gasteiger partial charge in [0.1, 0.15) is 24.4 Å². The van der Waals surface area contributed by atoms with Crippen LogP contribution in [-0.4, -0.2) is 126 Å². The maximum Gasteiger partial charge on any atom is 0.425 e. The summed E-state index contributed by atoms with van der Waals surface area (Å²) >= 11 is 0. The first-order chi connectivity index (χ1) is 19.0. The molecule has 9 N–H and O–H groups in total. The molecule has 0 amide bonds. The number of hydrogen-bond donors (Lipinski definition) is 9. The van der Waals surface area contributed by atoms with E-state index in [4.69, 9.17) is 17.4 Å². The zero-order valence-electron chi connectivity index (χ0n) is 20.9. The van der Waals surface area contributed by atoms with E-state index in [2.05, 4.69) is 35.6 Å². The van der Waals surface area contributed by atoms with Crippen LogP contribution in [0.1, 0.15) is 0 Å². The Morgan fingerprint density at radius 3 is 2.15 bits per heavy atom. The number of sulfonamides is 1. The van der Waals surface area contributed by atoms with Crippen molar-refractivity contribution in [2.75, 3.05) is 41.9 Å². The number of aliphatic hydroxyl groups excluding tert-OH is 4. The molecule has 5 atom stereocenters. The molecule has 5 unspecified atom stereocenters. The van der Waals surface area contributed by atoms with Crippen molar-refractivity contribution in [2.45, 2.75) is 35.5 Å². The number of benzene rings is 1. The van der Waals surface area contributed by atoms with Crippen molar-refractivity contribution in [3.8, 4) is 0 Å². The number of hydrogen-bond acceptors (Lipinski definition) is 18. The van der Waals surface area contributed by atoms with Crippen LogP contribution >= 0.6 is 0 Å². The Kier molecular flexibility index (Phi) is 12.2. The Morgan fingerprint density at radius 2 is 1.56 bits per heavy atom. The van der Waals surface area contributed by atoms with Gasteiger partial charge in [-0.25, -0.2) is 13.1 Å². The molecule has 1 fully saturated rings. The quantitative estimate of drug-likeness (QED) is 0.0831. The van der Waals surface area contributed by atoms with Gasteiger partial charge in [-0.15, -0.1) is 12.6 Å². The molecular formula is C18H27N7O13S3. The van der Waals surface area contributed by atoms with Crippen molar-refractivity contribution in [1.82, 2.24) is 19.7 Å². The lowest BCUT2D eigenvalue weighted by atomic mass is 9.97. The highest BCUT2D eigenvalue weighted by Crippen LogP contribution is 2.24. The van der Waals surface area contributed by atoms with Crippen molar-refractivity contribution in [3.63, 3.8) is 0 Å². The molecule has 2 heterocycles. The number of rotatable bonds is 11. The number of aromatic nitrogens is 3. The van der Waals surface area contributed by atoms with Crippen molar-refractivity contribution >= 4 is 54.3 Å². The van der Waals surface area contributed by atoms with Gasteiger partial charge in [0, 0.05) is 18.8 Å². The molecule has 1 aliphatic heterocycles. The minimum atomic E-state index is -4.49. The van der Waals surface area contributed by atoms with E-state index in [9.17, 15) is 41.8 Å². The second-order valence-electron chi connectivity index (χ2n) is 8.13. The van der Waals surface area contributed by atoms with Crippen molar-refractivity contribution in [1.29, 1.82) is 0 Å². The molecule has 230 valence electrons. The molecule has 0 spiro atoms. The van der Waals surface area contributed by atoms with E-state index in [1.807, 2.05) is 0 Å². The van der Waals surface area contributed by atoms with Gasteiger partial charge in [-0.3, -0.25) is 4.55 Å². The van der Waals surface area contributed by atoms with Gasteiger partial charge in [0.2, 0.25) is 27.9 Å². The zero-order chi connectivity index (χ0) is 31.0. The predicted molar refractivity (Wildman–Crippen MR) is 138 cm³/mol. The topological polar surface area (TPSA) is 317 Å². The first kappa shape index (κ1) is 34.1. The van der Waals surface area contributed by atoms with Crippen LogP contribution < -0.4 is 20.7 Å². The molecule has 1 aliphatic rings. The van der Waals surface area contributed by atoms with Gasteiger partial charge in [0.05, 0.1) is 17.8 Å². The molecule has 41 heavy (non-hydrogen) atoms. The fourth-order valence-electron chi connectivity index (χ4n) is 3.25.